The van der Waals surface area contributed by atoms with E-state index in [0.29, 0.717) is 17.6 Å². The van der Waals surface area contributed by atoms with Crippen molar-refractivity contribution in [3.8, 4) is 0 Å². The van der Waals surface area contributed by atoms with Crippen molar-refractivity contribution < 1.29 is 4.74 Å². The van der Waals surface area contributed by atoms with Gasteiger partial charge in [0.15, 0.2) is 0 Å². The Bertz CT molecular complexity index is 197. The maximum Gasteiger partial charge on any atom is 0.0666 e. The van der Waals surface area contributed by atoms with Crippen LogP contribution in [0.2, 0.25) is 0 Å². The van der Waals surface area contributed by atoms with Gasteiger partial charge in [-0.1, -0.05) is 27.7 Å². The first-order valence-corrected chi connectivity index (χ1v) is 8.12. The molecule has 3 heteroatoms. The largest absolute Gasteiger partial charge is 0.377 e. The normalized spacial score (nSPS) is 22.9. The van der Waals surface area contributed by atoms with Crippen molar-refractivity contribution in [1.82, 2.24) is 5.32 Å². The molecule has 0 aliphatic carbocycles. The van der Waals surface area contributed by atoms with Gasteiger partial charge in [-0.25, -0.2) is 0 Å². The summed E-state index contributed by atoms with van der Waals surface area (Å²) >= 11 is 2.05. The van der Waals surface area contributed by atoms with Gasteiger partial charge < -0.3 is 10.1 Å². The molecule has 0 spiro atoms. The maximum atomic E-state index is 5.66. The average molecular weight is 259 g/mol. The molecule has 1 fully saturated rings. The van der Waals surface area contributed by atoms with Crippen LogP contribution in [0.4, 0.5) is 0 Å². The van der Waals surface area contributed by atoms with E-state index in [-0.39, 0.29) is 0 Å². The quantitative estimate of drug-likeness (QED) is 0.758. The highest BCUT2D eigenvalue weighted by Gasteiger charge is 2.24. The lowest BCUT2D eigenvalue weighted by Crippen LogP contribution is -2.42. The molecule has 0 aromatic rings. The molecular weight excluding hydrogens is 230 g/mol. The van der Waals surface area contributed by atoms with E-state index in [2.05, 4.69) is 33.0 Å². The minimum Gasteiger partial charge on any atom is -0.377 e. The van der Waals surface area contributed by atoms with Crippen molar-refractivity contribution in [1.29, 1.82) is 0 Å². The summed E-state index contributed by atoms with van der Waals surface area (Å²) in [5.74, 6) is 2.36. The van der Waals surface area contributed by atoms with E-state index in [1.807, 2.05) is 11.8 Å². The monoisotopic (exact) mass is 259 g/mol. The Kier molecular flexibility index (Phi) is 6.90. The van der Waals surface area contributed by atoms with Crippen molar-refractivity contribution in [2.24, 2.45) is 5.41 Å². The number of hydrogen-bond acceptors (Lipinski definition) is 3. The third kappa shape index (κ3) is 6.12. The Morgan fingerprint density at radius 1 is 1.41 bits per heavy atom. The van der Waals surface area contributed by atoms with Crippen LogP contribution in [0.15, 0.2) is 0 Å². The van der Waals surface area contributed by atoms with E-state index in [0.717, 1.165) is 13.2 Å². The van der Waals surface area contributed by atoms with E-state index < -0.39 is 0 Å². The molecule has 1 aliphatic rings. The summed E-state index contributed by atoms with van der Waals surface area (Å²) in [6.45, 7) is 11.3. The van der Waals surface area contributed by atoms with Gasteiger partial charge >= 0.3 is 0 Å². The molecule has 1 aliphatic heterocycles. The summed E-state index contributed by atoms with van der Waals surface area (Å²) in [4.78, 5) is 0. The summed E-state index contributed by atoms with van der Waals surface area (Å²) < 4.78 is 5.66. The summed E-state index contributed by atoms with van der Waals surface area (Å²) in [5, 5.41) is 3.67. The third-order valence-electron chi connectivity index (χ3n) is 3.30. The molecule has 1 rings (SSSR count). The van der Waals surface area contributed by atoms with Crippen LogP contribution in [0.5, 0.6) is 0 Å². The lowest BCUT2D eigenvalue weighted by atomic mass is 9.88. The van der Waals surface area contributed by atoms with Crippen molar-refractivity contribution in [2.45, 2.75) is 59.1 Å². The second-order valence-electron chi connectivity index (χ2n) is 6.05. The molecule has 2 atom stereocenters. The van der Waals surface area contributed by atoms with Crippen LogP contribution in [-0.4, -0.2) is 36.8 Å². The fourth-order valence-corrected chi connectivity index (χ4v) is 3.54. The van der Waals surface area contributed by atoms with Crippen molar-refractivity contribution in [3.05, 3.63) is 0 Å². The average Bonchev–Trinajstić information content (AvgIpc) is 2.74. The molecule has 0 aromatic carbocycles. The highest BCUT2D eigenvalue weighted by Crippen LogP contribution is 2.24. The maximum absolute atomic E-state index is 5.66. The Morgan fingerprint density at radius 2 is 2.18 bits per heavy atom. The molecule has 0 amide bonds. The molecular formula is C14H29NOS. The number of thioether (sulfide) groups is 1. The standard InChI is InChI=1S/C14H29NOS/c1-5-8-15-13(14(2,3)4)11-17-10-12-7-6-9-16-12/h12-13,15H,5-11H2,1-4H3. The van der Waals surface area contributed by atoms with Gasteiger partial charge in [0.05, 0.1) is 6.10 Å². The molecule has 1 heterocycles. The molecule has 1 N–H and O–H groups in total. The lowest BCUT2D eigenvalue weighted by molar-refractivity contribution is 0.129. The number of rotatable bonds is 7. The summed E-state index contributed by atoms with van der Waals surface area (Å²) in [7, 11) is 0. The van der Waals surface area contributed by atoms with Gasteiger partial charge in [0, 0.05) is 24.2 Å². The van der Waals surface area contributed by atoms with Gasteiger partial charge in [0.1, 0.15) is 0 Å². The summed E-state index contributed by atoms with van der Waals surface area (Å²) in [5.41, 5.74) is 0.346. The van der Waals surface area contributed by atoms with Crippen LogP contribution in [0.1, 0.15) is 47.0 Å². The second kappa shape index (κ2) is 7.65. The van der Waals surface area contributed by atoms with Crippen LogP contribution >= 0.6 is 11.8 Å². The van der Waals surface area contributed by atoms with Crippen LogP contribution in [0.3, 0.4) is 0 Å². The van der Waals surface area contributed by atoms with Crippen molar-refractivity contribution >= 4 is 11.8 Å². The zero-order valence-corrected chi connectivity index (χ0v) is 12.7. The van der Waals surface area contributed by atoms with Gasteiger partial charge in [-0.15, -0.1) is 0 Å². The smallest absolute Gasteiger partial charge is 0.0666 e. The van der Waals surface area contributed by atoms with Gasteiger partial charge in [0.2, 0.25) is 0 Å². The van der Waals surface area contributed by atoms with Gasteiger partial charge in [0.25, 0.3) is 0 Å². The molecule has 0 saturated carbocycles. The summed E-state index contributed by atoms with van der Waals surface area (Å²) in [6.07, 6.45) is 4.24. The zero-order valence-electron chi connectivity index (χ0n) is 11.9. The Hall–Kier alpha value is 0.270. The minimum atomic E-state index is 0.346. The molecule has 1 saturated heterocycles. The molecule has 0 bridgehead atoms. The molecule has 2 unspecified atom stereocenters. The van der Waals surface area contributed by atoms with Crippen LogP contribution in [-0.2, 0) is 4.74 Å². The van der Waals surface area contributed by atoms with Gasteiger partial charge in [-0.3, -0.25) is 0 Å². The van der Waals surface area contributed by atoms with Crippen LogP contribution in [0.25, 0.3) is 0 Å². The molecule has 0 aromatic heterocycles. The van der Waals surface area contributed by atoms with E-state index in [1.54, 1.807) is 0 Å². The Labute approximate surface area is 111 Å². The summed E-state index contributed by atoms with van der Waals surface area (Å²) in [6, 6.07) is 0.605. The highest BCUT2D eigenvalue weighted by molar-refractivity contribution is 7.99. The van der Waals surface area contributed by atoms with Crippen molar-refractivity contribution in [2.75, 3.05) is 24.7 Å². The van der Waals surface area contributed by atoms with Crippen LogP contribution < -0.4 is 5.32 Å². The molecule has 2 nitrogen and oxygen atoms in total. The topological polar surface area (TPSA) is 21.3 Å². The van der Waals surface area contributed by atoms with E-state index in [9.17, 15) is 0 Å². The molecule has 17 heavy (non-hydrogen) atoms. The predicted molar refractivity (Wildman–Crippen MR) is 77.8 cm³/mol. The fraction of sp³-hybridized carbons (Fsp3) is 1.00. The van der Waals surface area contributed by atoms with E-state index in [4.69, 9.17) is 4.74 Å². The first kappa shape index (κ1) is 15.3. The number of hydrogen-bond donors (Lipinski definition) is 1. The molecule has 102 valence electrons. The zero-order chi connectivity index (χ0) is 12.7. The third-order valence-corrected chi connectivity index (χ3v) is 4.47. The predicted octanol–water partition coefficient (Wildman–Crippen LogP) is 3.31. The van der Waals surface area contributed by atoms with Gasteiger partial charge in [-0.05, 0) is 31.2 Å². The van der Waals surface area contributed by atoms with Crippen molar-refractivity contribution in [3.63, 3.8) is 0 Å². The second-order valence-corrected chi connectivity index (χ2v) is 7.12. The van der Waals surface area contributed by atoms with Crippen LogP contribution in [0, 0.1) is 5.41 Å². The Balaban J connectivity index is 2.22. The highest BCUT2D eigenvalue weighted by atomic mass is 32.2. The number of nitrogens with one attached hydrogen (secondary N) is 1. The first-order valence-electron chi connectivity index (χ1n) is 6.96. The molecule has 0 radical (unpaired) electrons. The number of ether oxygens (including phenoxy) is 1. The van der Waals surface area contributed by atoms with Gasteiger partial charge in [-0.2, -0.15) is 11.8 Å². The minimum absolute atomic E-state index is 0.346. The fourth-order valence-electron chi connectivity index (χ4n) is 2.03. The van der Waals surface area contributed by atoms with E-state index >= 15 is 0 Å². The van der Waals surface area contributed by atoms with E-state index in [1.165, 1.54) is 30.8 Å². The Morgan fingerprint density at radius 3 is 2.71 bits per heavy atom. The first-order chi connectivity index (χ1) is 8.04. The SMILES string of the molecule is CCCNC(CSCC1CCCO1)C(C)(C)C. The lowest BCUT2D eigenvalue weighted by Gasteiger charge is -2.31.